The van der Waals surface area contributed by atoms with Gasteiger partial charge < -0.3 is 29.3 Å². The number of hydrogen-bond donors (Lipinski definition) is 1. The Bertz CT molecular complexity index is 680. The SMILES string of the molecule is COCCN1C(=O)C[C@@H](C(=O)NCCN(C)C)[C@@H]1c1ccc(OC)c(OC)c1. The summed E-state index contributed by atoms with van der Waals surface area (Å²) in [7, 11) is 8.63. The highest BCUT2D eigenvalue weighted by molar-refractivity contribution is 5.90. The topological polar surface area (TPSA) is 80.3 Å². The number of carbonyl (C=O) groups excluding carboxylic acids is 2. The molecule has 1 aromatic carbocycles. The Morgan fingerprint density at radius 2 is 1.93 bits per heavy atom. The molecule has 0 aromatic heterocycles. The van der Waals surface area contributed by atoms with E-state index in [-0.39, 0.29) is 24.3 Å². The lowest BCUT2D eigenvalue weighted by molar-refractivity contribution is -0.129. The van der Waals surface area contributed by atoms with Crippen LogP contribution in [-0.4, -0.2) is 83.3 Å². The van der Waals surface area contributed by atoms with Gasteiger partial charge in [0.05, 0.1) is 32.8 Å². The van der Waals surface area contributed by atoms with E-state index < -0.39 is 5.92 Å². The van der Waals surface area contributed by atoms with Crippen molar-refractivity contribution in [3.8, 4) is 11.5 Å². The van der Waals surface area contributed by atoms with E-state index >= 15 is 0 Å². The number of carbonyl (C=O) groups is 2. The van der Waals surface area contributed by atoms with Crippen LogP contribution in [0.1, 0.15) is 18.0 Å². The van der Waals surface area contributed by atoms with Gasteiger partial charge in [-0.2, -0.15) is 0 Å². The fraction of sp³-hybridized carbons (Fsp3) is 0.600. The molecule has 1 heterocycles. The van der Waals surface area contributed by atoms with Crippen molar-refractivity contribution in [3.05, 3.63) is 23.8 Å². The molecule has 2 atom stereocenters. The van der Waals surface area contributed by atoms with Crippen LogP contribution in [0.5, 0.6) is 11.5 Å². The van der Waals surface area contributed by atoms with E-state index in [1.807, 2.05) is 31.1 Å². The Morgan fingerprint density at radius 3 is 2.54 bits per heavy atom. The van der Waals surface area contributed by atoms with Crippen LogP contribution in [0, 0.1) is 5.92 Å². The summed E-state index contributed by atoms with van der Waals surface area (Å²) in [6.45, 7) is 2.11. The minimum Gasteiger partial charge on any atom is -0.493 e. The summed E-state index contributed by atoms with van der Waals surface area (Å²) in [5.41, 5.74) is 0.840. The second-order valence-corrected chi connectivity index (χ2v) is 7.04. The summed E-state index contributed by atoms with van der Waals surface area (Å²) in [6, 6.07) is 5.14. The van der Waals surface area contributed by atoms with Gasteiger partial charge in [-0.1, -0.05) is 6.07 Å². The van der Waals surface area contributed by atoms with Crippen molar-refractivity contribution in [3.63, 3.8) is 0 Å². The second-order valence-electron chi connectivity index (χ2n) is 7.04. The summed E-state index contributed by atoms with van der Waals surface area (Å²) >= 11 is 0. The van der Waals surface area contributed by atoms with E-state index in [0.717, 1.165) is 12.1 Å². The molecule has 1 aliphatic heterocycles. The molecular weight excluding hydrogens is 362 g/mol. The lowest BCUT2D eigenvalue weighted by Crippen LogP contribution is -2.39. The first-order chi connectivity index (χ1) is 13.4. The molecule has 28 heavy (non-hydrogen) atoms. The second kappa shape index (κ2) is 10.3. The Hall–Kier alpha value is -2.32. The highest BCUT2D eigenvalue weighted by Crippen LogP contribution is 2.41. The molecule has 156 valence electrons. The number of amides is 2. The highest BCUT2D eigenvalue weighted by atomic mass is 16.5. The van der Waals surface area contributed by atoms with Gasteiger partial charge in [0.25, 0.3) is 0 Å². The Morgan fingerprint density at radius 1 is 1.21 bits per heavy atom. The summed E-state index contributed by atoms with van der Waals surface area (Å²) in [5.74, 6) is 0.535. The largest absolute Gasteiger partial charge is 0.493 e. The number of methoxy groups -OCH3 is 3. The molecule has 0 bridgehead atoms. The number of likely N-dealkylation sites (N-methyl/N-ethyl adjacent to an activating group) is 1. The third-order valence-electron chi connectivity index (χ3n) is 4.91. The molecule has 1 aromatic rings. The average Bonchev–Trinajstić information content (AvgIpc) is 3.01. The van der Waals surface area contributed by atoms with Gasteiger partial charge in [0.2, 0.25) is 11.8 Å². The molecule has 2 rings (SSSR count). The molecule has 1 saturated heterocycles. The van der Waals surface area contributed by atoms with Gasteiger partial charge in [-0.25, -0.2) is 0 Å². The number of ether oxygens (including phenoxy) is 3. The summed E-state index contributed by atoms with van der Waals surface area (Å²) < 4.78 is 15.9. The molecule has 1 fully saturated rings. The molecule has 0 saturated carbocycles. The van der Waals surface area contributed by atoms with Crippen molar-refractivity contribution >= 4 is 11.8 Å². The van der Waals surface area contributed by atoms with Gasteiger partial charge in [-0.05, 0) is 31.8 Å². The van der Waals surface area contributed by atoms with Gasteiger partial charge in [-0.3, -0.25) is 9.59 Å². The van der Waals surface area contributed by atoms with Gasteiger partial charge in [0, 0.05) is 33.2 Å². The Balaban J connectivity index is 2.31. The van der Waals surface area contributed by atoms with Crippen LogP contribution in [0.2, 0.25) is 0 Å². The van der Waals surface area contributed by atoms with E-state index in [1.54, 1.807) is 32.3 Å². The quantitative estimate of drug-likeness (QED) is 0.637. The molecule has 2 amide bonds. The number of likely N-dealkylation sites (tertiary alicyclic amines) is 1. The lowest BCUT2D eigenvalue weighted by atomic mass is 9.92. The average molecular weight is 393 g/mol. The number of rotatable bonds is 10. The van der Waals surface area contributed by atoms with Crippen LogP contribution in [-0.2, 0) is 14.3 Å². The maximum atomic E-state index is 12.9. The summed E-state index contributed by atoms with van der Waals surface area (Å²) in [6.07, 6.45) is 0.177. The van der Waals surface area contributed by atoms with Crippen LogP contribution in [0.4, 0.5) is 0 Å². The molecular formula is C20H31N3O5. The Labute approximate surface area is 166 Å². The zero-order chi connectivity index (χ0) is 20.7. The molecule has 0 aliphatic carbocycles. The fourth-order valence-electron chi connectivity index (χ4n) is 3.46. The standard InChI is InChI=1S/C20H31N3O5/c1-22(2)9-8-21-20(25)15-13-18(24)23(10-11-26-3)19(15)14-6-7-16(27-4)17(12-14)28-5/h6-7,12,15,19H,8-11,13H2,1-5H3,(H,21,25)/t15-,19+/m1/s1. The number of benzene rings is 1. The minimum absolute atomic E-state index is 0.0513. The van der Waals surface area contributed by atoms with Gasteiger partial charge in [-0.15, -0.1) is 0 Å². The number of nitrogens with one attached hydrogen (secondary N) is 1. The number of hydrogen-bond acceptors (Lipinski definition) is 6. The fourth-order valence-corrected chi connectivity index (χ4v) is 3.46. The lowest BCUT2D eigenvalue weighted by Gasteiger charge is -2.28. The van der Waals surface area contributed by atoms with Crippen LogP contribution in [0.15, 0.2) is 18.2 Å². The van der Waals surface area contributed by atoms with Crippen molar-refractivity contribution in [1.82, 2.24) is 15.1 Å². The highest BCUT2D eigenvalue weighted by Gasteiger charge is 2.44. The van der Waals surface area contributed by atoms with Crippen molar-refractivity contribution in [2.45, 2.75) is 12.5 Å². The van der Waals surface area contributed by atoms with Gasteiger partial charge in [0.1, 0.15) is 0 Å². The Kier molecular flexibility index (Phi) is 8.07. The van der Waals surface area contributed by atoms with Crippen LogP contribution >= 0.6 is 0 Å². The monoisotopic (exact) mass is 393 g/mol. The van der Waals surface area contributed by atoms with Crippen molar-refractivity contribution in [1.29, 1.82) is 0 Å². The van der Waals surface area contributed by atoms with Crippen molar-refractivity contribution in [2.75, 3.05) is 61.7 Å². The molecule has 8 nitrogen and oxygen atoms in total. The summed E-state index contributed by atoms with van der Waals surface area (Å²) in [5, 5.41) is 2.96. The third kappa shape index (κ3) is 5.14. The zero-order valence-electron chi connectivity index (χ0n) is 17.4. The molecule has 0 unspecified atom stereocenters. The number of nitrogens with zero attached hydrogens (tertiary/aromatic N) is 2. The molecule has 1 aliphatic rings. The molecule has 8 heteroatoms. The maximum absolute atomic E-state index is 12.9. The predicted octanol–water partition coefficient (Wildman–Crippen LogP) is 0.918. The van der Waals surface area contributed by atoms with Crippen molar-refractivity contribution in [2.24, 2.45) is 5.92 Å². The molecule has 0 spiro atoms. The van der Waals surface area contributed by atoms with Gasteiger partial charge >= 0.3 is 0 Å². The zero-order valence-corrected chi connectivity index (χ0v) is 17.4. The summed E-state index contributed by atoms with van der Waals surface area (Å²) in [4.78, 5) is 29.2. The van der Waals surface area contributed by atoms with Gasteiger partial charge in [0.15, 0.2) is 11.5 Å². The smallest absolute Gasteiger partial charge is 0.226 e. The molecule has 0 radical (unpaired) electrons. The minimum atomic E-state index is -0.468. The van der Waals surface area contributed by atoms with E-state index in [1.165, 1.54) is 0 Å². The van der Waals surface area contributed by atoms with E-state index in [4.69, 9.17) is 14.2 Å². The van der Waals surface area contributed by atoms with Crippen LogP contribution in [0.25, 0.3) is 0 Å². The van der Waals surface area contributed by atoms with Crippen LogP contribution < -0.4 is 14.8 Å². The first-order valence-electron chi connectivity index (χ1n) is 9.35. The third-order valence-corrected chi connectivity index (χ3v) is 4.91. The van der Waals surface area contributed by atoms with E-state index in [0.29, 0.717) is 31.2 Å². The van der Waals surface area contributed by atoms with E-state index in [9.17, 15) is 9.59 Å². The maximum Gasteiger partial charge on any atom is 0.226 e. The predicted molar refractivity (Wildman–Crippen MR) is 106 cm³/mol. The normalized spacial score (nSPS) is 19.2. The van der Waals surface area contributed by atoms with Crippen LogP contribution in [0.3, 0.4) is 0 Å². The van der Waals surface area contributed by atoms with E-state index in [2.05, 4.69) is 5.32 Å². The van der Waals surface area contributed by atoms with Crippen molar-refractivity contribution < 1.29 is 23.8 Å². The first kappa shape index (κ1) is 22.0. The first-order valence-corrected chi connectivity index (χ1v) is 9.35. The molecule has 1 N–H and O–H groups in total.